The molecule has 5 nitrogen and oxygen atoms in total. The summed E-state index contributed by atoms with van der Waals surface area (Å²) in [6.07, 6.45) is 1.55. The second-order valence-electron chi connectivity index (χ2n) is 3.84. The molecule has 19 heavy (non-hydrogen) atoms. The number of carbonyl (C=O) groups is 1. The first-order chi connectivity index (χ1) is 9.24. The van der Waals surface area contributed by atoms with Crippen LogP contribution in [0.3, 0.4) is 0 Å². The number of benzene rings is 1. The number of methoxy groups -OCH3 is 1. The van der Waals surface area contributed by atoms with Crippen LogP contribution < -0.4 is 15.4 Å². The summed E-state index contributed by atoms with van der Waals surface area (Å²) < 4.78 is 4.96. The van der Waals surface area contributed by atoms with E-state index < -0.39 is 0 Å². The van der Waals surface area contributed by atoms with Crippen LogP contribution in [0, 0.1) is 0 Å². The number of carbonyl (C=O) groups excluding carboxylic acids is 1. The van der Waals surface area contributed by atoms with E-state index in [1.165, 1.54) is 0 Å². The minimum Gasteiger partial charge on any atom is -0.481 e. The van der Waals surface area contributed by atoms with Gasteiger partial charge in [-0.15, -0.1) is 0 Å². The number of pyridine rings is 1. The molecular weight excluding hydrogens is 242 g/mol. The summed E-state index contributed by atoms with van der Waals surface area (Å²) in [5.41, 5.74) is 1.99. The topological polar surface area (TPSA) is 63.2 Å². The Hall–Kier alpha value is -2.56. The van der Waals surface area contributed by atoms with Crippen LogP contribution in [0.1, 0.15) is 10.4 Å². The molecule has 98 valence electrons. The molecule has 0 radical (unpaired) electrons. The first-order valence-electron chi connectivity index (χ1n) is 5.83. The summed E-state index contributed by atoms with van der Waals surface area (Å²) in [7, 11) is 3.32. The molecule has 1 amide bonds. The SMILES string of the molecule is CNc1ccccc1C(=O)Nc1ccc(OC)nc1. The number of ether oxygens (including phenoxy) is 1. The van der Waals surface area contributed by atoms with Gasteiger partial charge < -0.3 is 15.4 Å². The summed E-state index contributed by atoms with van der Waals surface area (Å²) in [6.45, 7) is 0. The highest BCUT2D eigenvalue weighted by atomic mass is 16.5. The van der Waals surface area contributed by atoms with Gasteiger partial charge in [0.25, 0.3) is 5.91 Å². The molecule has 2 N–H and O–H groups in total. The van der Waals surface area contributed by atoms with E-state index in [1.807, 2.05) is 18.2 Å². The average Bonchev–Trinajstić information content (AvgIpc) is 2.48. The van der Waals surface area contributed by atoms with E-state index >= 15 is 0 Å². The molecular formula is C14H15N3O2. The molecule has 0 aliphatic rings. The summed E-state index contributed by atoms with van der Waals surface area (Å²) in [4.78, 5) is 16.2. The number of hydrogen-bond donors (Lipinski definition) is 2. The lowest BCUT2D eigenvalue weighted by Crippen LogP contribution is -2.14. The lowest BCUT2D eigenvalue weighted by molar-refractivity contribution is 0.102. The minimum absolute atomic E-state index is 0.183. The van der Waals surface area contributed by atoms with Crippen molar-refractivity contribution in [1.29, 1.82) is 0 Å². The van der Waals surface area contributed by atoms with Gasteiger partial charge in [0.2, 0.25) is 5.88 Å². The van der Waals surface area contributed by atoms with Crippen LogP contribution in [0.25, 0.3) is 0 Å². The Kier molecular flexibility index (Phi) is 3.97. The Morgan fingerprint density at radius 1 is 1.21 bits per heavy atom. The van der Waals surface area contributed by atoms with Crippen molar-refractivity contribution in [2.45, 2.75) is 0 Å². The van der Waals surface area contributed by atoms with Crippen LogP contribution in [-0.4, -0.2) is 25.0 Å². The second kappa shape index (κ2) is 5.86. The van der Waals surface area contributed by atoms with E-state index in [9.17, 15) is 4.79 Å². The summed E-state index contributed by atoms with van der Waals surface area (Å²) >= 11 is 0. The fraction of sp³-hybridized carbons (Fsp3) is 0.143. The zero-order valence-corrected chi connectivity index (χ0v) is 10.8. The monoisotopic (exact) mass is 257 g/mol. The van der Waals surface area contributed by atoms with Gasteiger partial charge in [-0.05, 0) is 18.2 Å². The van der Waals surface area contributed by atoms with Gasteiger partial charge in [0.1, 0.15) is 0 Å². The van der Waals surface area contributed by atoms with E-state index in [0.717, 1.165) is 5.69 Å². The van der Waals surface area contributed by atoms with Crippen LogP contribution in [0.15, 0.2) is 42.6 Å². The fourth-order valence-electron chi connectivity index (χ4n) is 1.67. The summed E-state index contributed by atoms with van der Waals surface area (Å²) in [5, 5.41) is 5.77. The fourth-order valence-corrected chi connectivity index (χ4v) is 1.67. The predicted octanol–water partition coefficient (Wildman–Crippen LogP) is 2.38. The van der Waals surface area contributed by atoms with Gasteiger partial charge in [-0.2, -0.15) is 0 Å². The third kappa shape index (κ3) is 3.01. The molecule has 0 atom stereocenters. The Morgan fingerprint density at radius 3 is 2.63 bits per heavy atom. The first-order valence-corrected chi connectivity index (χ1v) is 5.83. The average molecular weight is 257 g/mol. The molecule has 0 unspecified atom stereocenters. The van der Waals surface area contributed by atoms with Crippen LogP contribution in [0.4, 0.5) is 11.4 Å². The maximum atomic E-state index is 12.1. The number of anilines is 2. The molecule has 1 aromatic heterocycles. The molecule has 0 aliphatic carbocycles. The van der Waals surface area contributed by atoms with Gasteiger partial charge in [-0.1, -0.05) is 12.1 Å². The highest BCUT2D eigenvalue weighted by molar-refractivity contribution is 6.07. The largest absolute Gasteiger partial charge is 0.481 e. The van der Waals surface area contributed by atoms with Crippen LogP contribution in [0.5, 0.6) is 5.88 Å². The number of nitrogens with one attached hydrogen (secondary N) is 2. The standard InChI is InChI=1S/C14H15N3O2/c1-15-12-6-4-3-5-11(12)14(18)17-10-7-8-13(19-2)16-9-10/h3-9,15H,1-2H3,(H,17,18). The molecule has 0 fully saturated rings. The second-order valence-corrected chi connectivity index (χ2v) is 3.84. The summed E-state index contributed by atoms with van der Waals surface area (Å²) in [5.74, 6) is 0.325. The quantitative estimate of drug-likeness (QED) is 0.882. The smallest absolute Gasteiger partial charge is 0.257 e. The van der Waals surface area contributed by atoms with Crippen LogP contribution in [-0.2, 0) is 0 Å². The zero-order valence-electron chi connectivity index (χ0n) is 10.8. The van der Waals surface area contributed by atoms with E-state index in [0.29, 0.717) is 17.1 Å². The van der Waals surface area contributed by atoms with Crippen molar-refractivity contribution in [3.63, 3.8) is 0 Å². The first kappa shape index (κ1) is 12.9. The highest BCUT2D eigenvalue weighted by Crippen LogP contribution is 2.17. The minimum atomic E-state index is -0.183. The van der Waals surface area contributed by atoms with Gasteiger partial charge in [-0.25, -0.2) is 4.98 Å². The van der Waals surface area contributed by atoms with Crippen molar-refractivity contribution in [3.05, 3.63) is 48.2 Å². The number of para-hydroxylation sites is 1. The molecule has 0 spiro atoms. The van der Waals surface area contributed by atoms with Gasteiger partial charge in [-0.3, -0.25) is 4.79 Å². The van der Waals surface area contributed by atoms with Crippen molar-refractivity contribution in [1.82, 2.24) is 4.98 Å². The van der Waals surface area contributed by atoms with Crippen LogP contribution >= 0.6 is 0 Å². The van der Waals surface area contributed by atoms with Gasteiger partial charge in [0.15, 0.2) is 0 Å². The molecule has 0 aliphatic heterocycles. The zero-order chi connectivity index (χ0) is 13.7. The molecule has 1 heterocycles. The normalized spacial score (nSPS) is 9.79. The van der Waals surface area contributed by atoms with Gasteiger partial charge >= 0.3 is 0 Å². The Bertz CT molecular complexity index is 567. The van der Waals surface area contributed by atoms with E-state index in [4.69, 9.17) is 4.74 Å². The maximum Gasteiger partial charge on any atom is 0.257 e. The van der Waals surface area contributed by atoms with E-state index in [-0.39, 0.29) is 5.91 Å². The van der Waals surface area contributed by atoms with E-state index in [1.54, 1.807) is 38.6 Å². The van der Waals surface area contributed by atoms with Crippen molar-refractivity contribution in [2.24, 2.45) is 0 Å². The molecule has 0 saturated heterocycles. The van der Waals surface area contributed by atoms with Gasteiger partial charge in [0.05, 0.1) is 24.6 Å². The molecule has 0 saturated carbocycles. The Labute approximate surface area is 111 Å². The van der Waals surface area contributed by atoms with Crippen molar-refractivity contribution >= 4 is 17.3 Å². The third-order valence-electron chi connectivity index (χ3n) is 2.64. The lowest BCUT2D eigenvalue weighted by atomic mass is 10.1. The summed E-state index contributed by atoms with van der Waals surface area (Å²) in [6, 6.07) is 10.7. The molecule has 0 bridgehead atoms. The molecule has 2 rings (SSSR count). The number of amides is 1. The molecule has 2 aromatic rings. The number of hydrogen-bond acceptors (Lipinski definition) is 4. The number of nitrogens with zero attached hydrogens (tertiary/aromatic N) is 1. The maximum absolute atomic E-state index is 12.1. The molecule has 5 heteroatoms. The predicted molar refractivity (Wildman–Crippen MR) is 74.7 cm³/mol. The number of rotatable bonds is 4. The lowest BCUT2D eigenvalue weighted by Gasteiger charge is -2.09. The molecule has 1 aromatic carbocycles. The number of aromatic nitrogens is 1. The highest BCUT2D eigenvalue weighted by Gasteiger charge is 2.10. The van der Waals surface area contributed by atoms with Crippen molar-refractivity contribution in [3.8, 4) is 5.88 Å². The Balaban J connectivity index is 2.16. The van der Waals surface area contributed by atoms with Crippen molar-refractivity contribution in [2.75, 3.05) is 24.8 Å². The van der Waals surface area contributed by atoms with Crippen molar-refractivity contribution < 1.29 is 9.53 Å². The van der Waals surface area contributed by atoms with Crippen LogP contribution in [0.2, 0.25) is 0 Å². The van der Waals surface area contributed by atoms with E-state index in [2.05, 4.69) is 15.6 Å². The Morgan fingerprint density at radius 2 is 2.00 bits per heavy atom. The third-order valence-corrected chi connectivity index (χ3v) is 2.64. The van der Waals surface area contributed by atoms with Gasteiger partial charge in [0, 0.05) is 18.8 Å².